The Balaban J connectivity index is 1.22. The molecule has 4 aromatic rings. The molecule has 1 saturated heterocycles. The van der Waals surface area contributed by atoms with Crippen LogP contribution in [0.2, 0.25) is 0 Å². The fourth-order valence-electron chi connectivity index (χ4n) is 4.07. The highest BCUT2D eigenvalue weighted by Gasteiger charge is 2.32. The highest BCUT2D eigenvalue weighted by atomic mass is 16.4. The van der Waals surface area contributed by atoms with Gasteiger partial charge < -0.3 is 14.6 Å². The van der Waals surface area contributed by atoms with Crippen molar-refractivity contribution in [1.82, 2.24) is 20.4 Å². The Labute approximate surface area is 197 Å². The summed E-state index contributed by atoms with van der Waals surface area (Å²) in [4.78, 5) is 27.3. The molecule has 1 unspecified atom stereocenters. The molecule has 7 nitrogen and oxygen atoms in total. The largest absolute Gasteiger partial charge is 0.416 e. The molecule has 34 heavy (non-hydrogen) atoms. The number of carbonyl (C=O) groups is 2. The minimum Gasteiger partial charge on any atom is -0.416 e. The van der Waals surface area contributed by atoms with Gasteiger partial charge in [-0.1, -0.05) is 48.0 Å². The Bertz CT molecular complexity index is 1320. The van der Waals surface area contributed by atoms with Crippen molar-refractivity contribution in [2.24, 2.45) is 0 Å². The number of carbonyl (C=O) groups excluding carboxylic acids is 2. The van der Waals surface area contributed by atoms with Crippen LogP contribution in [0.1, 0.15) is 27.9 Å². The first-order chi connectivity index (χ1) is 16.6. The number of amides is 2. The number of hydrogen-bond acceptors (Lipinski definition) is 5. The number of likely N-dealkylation sites (tertiary alicyclic amines) is 1. The first-order valence-electron chi connectivity index (χ1n) is 11.2. The van der Waals surface area contributed by atoms with Gasteiger partial charge in [0.1, 0.15) is 6.04 Å². The van der Waals surface area contributed by atoms with Gasteiger partial charge in [0.2, 0.25) is 17.7 Å². The van der Waals surface area contributed by atoms with Crippen molar-refractivity contribution in [3.63, 3.8) is 0 Å². The van der Waals surface area contributed by atoms with E-state index < -0.39 is 6.04 Å². The summed E-state index contributed by atoms with van der Waals surface area (Å²) >= 11 is 0. The van der Waals surface area contributed by atoms with Gasteiger partial charge in [0.05, 0.1) is 0 Å². The topological polar surface area (TPSA) is 88.3 Å². The van der Waals surface area contributed by atoms with Crippen LogP contribution in [0, 0.1) is 6.92 Å². The third kappa shape index (κ3) is 4.59. The highest BCUT2D eigenvalue weighted by molar-refractivity contribution is 5.98. The number of aryl methyl sites for hydroxylation is 1. The van der Waals surface area contributed by atoms with E-state index in [2.05, 4.69) is 15.5 Å². The van der Waals surface area contributed by atoms with Gasteiger partial charge in [0.25, 0.3) is 5.91 Å². The van der Waals surface area contributed by atoms with Gasteiger partial charge in [0.15, 0.2) is 0 Å². The molecule has 7 heteroatoms. The molecule has 170 valence electrons. The molecule has 1 N–H and O–H groups in total. The molecular weight excluding hydrogens is 428 g/mol. The molecule has 1 aliphatic heterocycles. The molecule has 0 saturated carbocycles. The predicted molar refractivity (Wildman–Crippen MR) is 128 cm³/mol. The lowest BCUT2D eigenvalue weighted by atomic mass is 10.1. The molecule has 2 heterocycles. The molecular formula is C27H24N4O3. The quantitative estimate of drug-likeness (QED) is 0.473. The van der Waals surface area contributed by atoms with Crippen LogP contribution in [0.4, 0.5) is 0 Å². The van der Waals surface area contributed by atoms with Gasteiger partial charge in [0, 0.05) is 29.8 Å². The molecule has 1 aromatic heterocycles. The number of nitrogens with one attached hydrogen (secondary N) is 1. The second-order valence-electron chi connectivity index (χ2n) is 8.42. The first-order valence-corrected chi connectivity index (χ1v) is 11.2. The monoisotopic (exact) mass is 452 g/mol. The number of benzene rings is 3. The van der Waals surface area contributed by atoms with Gasteiger partial charge in [-0.25, -0.2) is 0 Å². The van der Waals surface area contributed by atoms with Crippen molar-refractivity contribution in [2.75, 3.05) is 6.54 Å². The fraction of sp³-hybridized carbons (Fsp3) is 0.185. The van der Waals surface area contributed by atoms with Crippen LogP contribution in [0.25, 0.3) is 22.9 Å². The standard InChI is InChI=1S/C27H24N4O3/c1-18-6-5-9-22(16-18)26-30-29-25(34-26)21-12-10-20(11-13-21)24(32)28-23-14-15-31(27(23)33)17-19-7-3-2-4-8-19/h2-13,16,23H,14-15,17H2,1H3,(H,28,32). The maximum Gasteiger partial charge on any atom is 0.251 e. The van der Waals surface area contributed by atoms with E-state index in [1.54, 1.807) is 29.2 Å². The lowest BCUT2D eigenvalue weighted by Gasteiger charge is -2.17. The van der Waals surface area contributed by atoms with E-state index in [1.165, 1.54) is 0 Å². The Morgan fingerprint density at radius 1 is 0.971 bits per heavy atom. The van der Waals surface area contributed by atoms with Crippen molar-refractivity contribution < 1.29 is 14.0 Å². The lowest BCUT2D eigenvalue weighted by molar-refractivity contribution is -0.129. The predicted octanol–water partition coefficient (Wildman–Crippen LogP) is 4.24. The van der Waals surface area contributed by atoms with E-state index in [1.807, 2.05) is 61.5 Å². The highest BCUT2D eigenvalue weighted by Crippen LogP contribution is 2.25. The number of rotatable bonds is 6. The Morgan fingerprint density at radius 3 is 2.44 bits per heavy atom. The minimum absolute atomic E-state index is 0.0524. The number of nitrogens with zero attached hydrogens (tertiary/aromatic N) is 3. The van der Waals surface area contributed by atoms with Crippen LogP contribution >= 0.6 is 0 Å². The molecule has 0 bridgehead atoms. The molecule has 0 aliphatic carbocycles. The zero-order chi connectivity index (χ0) is 23.5. The minimum atomic E-state index is -0.510. The van der Waals surface area contributed by atoms with Gasteiger partial charge in [-0.2, -0.15) is 0 Å². The molecule has 5 rings (SSSR count). The molecule has 0 spiro atoms. The molecule has 0 radical (unpaired) electrons. The van der Waals surface area contributed by atoms with Crippen LogP contribution in [-0.4, -0.2) is 39.5 Å². The van der Waals surface area contributed by atoms with Gasteiger partial charge in [-0.05, 0) is 55.3 Å². The van der Waals surface area contributed by atoms with Crippen LogP contribution in [0.15, 0.2) is 83.3 Å². The number of aromatic nitrogens is 2. The van der Waals surface area contributed by atoms with Crippen molar-refractivity contribution in [3.05, 3.63) is 95.6 Å². The van der Waals surface area contributed by atoms with Crippen LogP contribution in [-0.2, 0) is 11.3 Å². The zero-order valence-electron chi connectivity index (χ0n) is 18.8. The third-order valence-electron chi connectivity index (χ3n) is 5.90. The van der Waals surface area contributed by atoms with Crippen molar-refractivity contribution in [2.45, 2.75) is 25.9 Å². The van der Waals surface area contributed by atoms with E-state index in [0.717, 1.165) is 16.7 Å². The maximum absolute atomic E-state index is 12.7. The molecule has 1 aliphatic rings. The second kappa shape index (κ2) is 9.31. The molecule has 1 atom stereocenters. The summed E-state index contributed by atoms with van der Waals surface area (Å²) in [5, 5.41) is 11.1. The lowest BCUT2D eigenvalue weighted by Crippen LogP contribution is -2.41. The summed E-state index contributed by atoms with van der Waals surface area (Å²) in [6.07, 6.45) is 0.596. The van der Waals surface area contributed by atoms with E-state index >= 15 is 0 Å². The molecule has 3 aromatic carbocycles. The maximum atomic E-state index is 12.7. The summed E-state index contributed by atoms with van der Waals surface area (Å²) in [7, 11) is 0. The summed E-state index contributed by atoms with van der Waals surface area (Å²) < 4.78 is 5.82. The smallest absolute Gasteiger partial charge is 0.251 e. The Kier molecular flexibility index (Phi) is 5.91. The van der Waals surface area contributed by atoms with Crippen LogP contribution < -0.4 is 5.32 Å². The van der Waals surface area contributed by atoms with Gasteiger partial charge in [-0.3, -0.25) is 9.59 Å². The van der Waals surface area contributed by atoms with Gasteiger partial charge in [-0.15, -0.1) is 10.2 Å². The molecule has 2 amide bonds. The van der Waals surface area contributed by atoms with E-state index in [0.29, 0.717) is 42.4 Å². The van der Waals surface area contributed by atoms with E-state index in [4.69, 9.17) is 4.42 Å². The van der Waals surface area contributed by atoms with E-state index in [9.17, 15) is 9.59 Å². The van der Waals surface area contributed by atoms with Gasteiger partial charge >= 0.3 is 0 Å². The average Bonchev–Trinajstić information content (AvgIpc) is 3.48. The average molecular weight is 453 g/mol. The second-order valence-corrected chi connectivity index (χ2v) is 8.42. The fourth-order valence-corrected chi connectivity index (χ4v) is 4.07. The van der Waals surface area contributed by atoms with Crippen LogP contribution in [0.3, 0.4) is 0 Å². The number of hydrogen-bond donors (Lipinski definition) is 1. The Morgan fingerprint density at radius 2 is 1.71 bits per heavy atom. The van der Waals surface area contributed by atoms with Crippen molar-refractivity contribution >= 4 is 11.8 Å². The summed E-state index contributed by atoms with van der Waals surface area (Å²) in [6.45, 7) is 3.18. The summed E-state index contributed by atoms with van der Waals surface area (Å²) in [6, 6.07) is 24.1. The van der Waals surface area contributed by atoms with Crippen molar-refractivity contribution in [1.29, 1.82) is 0 Å². The summed E-state index contributed by atoms with van der Waals surface area (Å²) in [5.74, 6) is 0.493. The first kappa shape index (κ1) is 21.6. The van der Waals surface area contributed by atoms with Crippen molar-refractivity contribution in [3.8, 4) is 22.9 Å². The van der Waals surface area contributed by atoms with E-state index in [-0.39, 0.29) is 11.8 Å². The Hall–Kier alpha value is -4.26. The normalized spacial score (nSPS) is 15.5. The SMILES string of the molecule is Cc1cccc(-c2nnc(-c3ccc(C(=O)NC4CCN(Cc5ccccc5)C4=O)cc3)o2)c1. The summed E-state index contributed by atoms with van der Waals surface area (Å²) in [5.41, 5.74) is 4.23. The van der Waals surface area contributed by atoms with Crippen LogP contribution in [0.5, 0.6) is 0 Å². The molecule has 1 fully saturated rings. The third-order valence-corrected chi connectivity index (χ3v) is 5.90. The zero-order valence-corrected chi connectivity index (χ0v) is 18.8.